The highest BCUT2D eigenvalue weighted by Gasteiger charge is 2.19. The third-order valence-electron chi connectivity index (χ3n) is 3.55. The maximum atomic E-state index is 11.6. The molecule has 1 aliphatic heterocycles. The monoisotopic (exact) mass is 242 g/mol. The third kappa shape index (κ3) is 3.98. The van der Waals surface area contributed by atoms with Crippen molar-refractivity contribution in [1.82, 2.24) is 10.6 Å². The molecule has 2 N–H and O–H groups in total. The van der Waals surface area contributed by atoms with E-state index in [9.17, 15) is 4.79 Å². The maximum Gasteiger partial charge on any atom is 0.230 e. The highest BCUT2D eigenvalue weighted by atomic mass is 32.2. The molecular weight excluding hydrogens is 220 g/mol. The Hall–Kier alpha value is -0.220. The summed E-state index contributed by atoms with van der Waals surface area (Å²) in [6.07, 6.45) is 6.38. The molecule has 0 bridgehead atoms. The lowest BCUT2D eigenvalue weighted by atomic mass is 9.85. The molecule has 0 aromatic carbocycles. The number of hydrogen-bond acceptors (Lipinski definition) is 3. The largest absolute Gasteiger partial charge is 0.355 e. The van der Waals surface area contributed by atoms with E-state index in [1.54, 1.807) is 0 Å². The quantitative estimate of drug-likeness (QED) is 0.765. The van der Waals surface area contributed by atoms with Gasteiger partial charge in [0, 0.05) is 11.8 Å². The fourth-order valence-corrected chi connectivity index (χ4v) is 3.22. The van der Waals surface area contributed by atoms with Crippen molar-refractivity contribution in [3.63, 3.8) is 0 Å². The molecule has 16 heavy (non-hydrogen) atoms. The Labute approximate surface area is 102 Å². The van der Waals surface area contributed by atoms with Crippen LogP contribution in [0.4, 0.5) is 0 Å². The third-order valence-corrected chi connectivity index (χ3v) is 4.92. The van der Waals surface area contributed by atoms with E-state index < -0.39 is 0 Å². The van der Waals surface area contributed by atoms with Crippen molar-refractivity contribution in [2.75, 3.05) is 25.4 Å². The summed E-state index contributed by atoms with van der Waals surface area (Å²) < 4.78 is 0. The van der Waals surface area contributed by atoms with Gasteiger partial charge in [-0.05, 0) is 44.7 Å². The van der Waals surface area contributed by atoms with Gasteiger partial charge in [0.15, 0.2) is 0 Å². The van der Waals surface area contributed by atoms with E-state index in [-0.39, 0.29) is 5.91 Å². The maximum absolute atomic E-state index is 11.6. The second-order valence-electron chi connectivity index (χ2n) is 4.86. The zero-order chi connectivity index (χ0) is 11.2. The second-order valence-corrected chi connectivity index (χ2v) is 6.15. The predicted molar refractivity (Wildman–Crippen MR) is 68.7 cm³/mol. The van der Waals surface area contributed by atoms with Gasteiger partial charge in [-0.15, -0.1) is 11.8 Å². The van der Waals surface area contributed by atoms with Gasteiger partial charge in [-0.25, -0.2) is 0 Å². The molecule has 4 heteroatoms. The number of carbonyl (C=O) groups is 1. The van der Waals surface area contributed by atoms with E-state index >= 15 is 0 Å². The average Bonchev–Trinajstić information content (AvgIpc) is 2.26. The zero-order valence-electron chi connectivity index (χ0n) is 9.84. The molecule has 0 spiro atoms. The molecule has 1 heterocycles. The number of rotatable bonds is 5. The molecule has 2 fully saturated rings. The van der Waals surface area contributed by atoms with Crippen LogP contribution in [0.3, 0.4) is 0 Å². The number of piperidine rings is 1. The number of nitrogens with one attached hydrogen (secondary N) is 2. The molecule has 0 aromatic heterocycles. The lowest BCUT2D eigenvalue weighted by Crippen LogP contribution is -2.34. The predicted octanol–water partition coefficient (Wildman–Crippen LogP) is 1.39. The van der Waals surface area contributed by atoms with Crippen LogP contribution in [0.2, 0.25) is 0 Å². The van der Waals surface area contributed by atoms with Gasteiger partial charge in [0.1, 0.15) is 0 Å². The van der Waals surface area contributed by atoms with Crippen LogP contribution in [0.25, 0.3) is 0 Å². The average molecular weight is 242 g/mol. The molecule has 0 atom stereocenters. The smallest absolute Gasteiger partial charge is 0.230 e. The van der Waals surface area contributed by atoms with E-state index in [0.717, 1.165) is 25.6 Å². The molecule has 1 saturated heterocycles. The zero-order valence-corrected chi connectivity index (χ0v) is 10.7. The molecule has 0 unspecified atom stereocenters. The fraction of sp³-hybridized carbons (Fsp3) is 0.917. The summed E-state index contributed by atoms with van der Waals surface area (Å²) in [5.74, 6) is 1.65. The van der Waals surface area contributed by atoms with Crippen LogP contribution in [0.1, 0.15) is 32.1 Å². The van der Waals surface area contributed by atoms with Crippen molar-refractivity contribution >= 4 is 17.7 Å². The van der Waals surface area contributed by atoms with Crippen LogP contribution >= 0.6 is 11.8 Å². The molecule has 92 valence electrons. The van der Waals surface area contributed by atoms with Crippen LogP contribution in [0.15, 0.2) is 0 Å². The minimum absolute atomic E-state index is 0.232. The SMILES string of the molecule is O=C(CSC1CCNCC1)NCC1CCC1. The Kier molecular flexibility index (Phi) is 4.97. The van der Waals surface area contributed by atoms with Gasteiger partial charge in [0.25, 0.3) is 0 Å². The minimum atomic E-state index is 0.232. The second kappa shape index (κ2) is 6.50. The van der Waals surface area contributed by atoms with E-state index in [4.69, 9.17) is 0 Å². The van der Waals surface area contributed by atoms with Gasteiger partial charge in [0.05, 0.1) is 5.75 Å². The first kappa shape index (κ1) is 12.2. The van der Waals surface area contributed by atoms with Crippen LogP contribution in [0, 0.1) is 5.92 Å². The molecule has 1 amide bonds. The van der Waals surface area contributed by atoms with Gasteiger partial charge in [0.2, 0.25) is 5.91 Å². The normalized spacial score (nSPS) is 22.8. The Morgan fingerprint density at radius 3 is 2.62 bits per heavy atom. The summed E-state index contributed by atoms with van der Waals surface area (Å²) in [6, 6.07) is 0. The van der Waals surface area contributed by atoms with Crippen LogP contribution in [-0.2, 0) is 4.79 Å². The van der Waals surface area contributed by atoms with Gasteiger partial charge in [-0.1, -0.05) is 6.42 Å². The molecular formula is C12H22N2OS. The number of carbonyl (C=O) groups excluding carboxylic acids is 1. The molecule has 2 rings (SSSR count). The number of hydrogen-bond donors (Lipinski definition) is 2. The van der Waals surface area contributed by atoms with Crippen molar-refractivity contribution in [2.45, 2.75) is 37.4 Å². The van der Waals surface area contributed by atoms with Crippen molar-refractivity contribution in [1.29, 1.82) is 0 Å². The topological polar surface area (TPSA) is 41.1 Å². The fourth-order valence-electron chi connectivity index (χ4n) is 2.16. The van der Waals surface area contributed by atoms with Crippen molar-refractivity contribution in [3.8, 4) is 0 Å². The standard InChI is InChI=1S/C12H22N2OS/c15-12(14-8-10-2-1-3-10)9-16-11-4-6-13-7-5-11/h10-11,13H,1-9H2,(H,14,15). The van der Waals surface area contributed by atoms with E-state index in [2.05, 4.69) is 10.6 Å². The van der Waals surface area contributed by atoms with Gasteiger partial charge in [-0.2, -0.15) is 0 Å². The van der Waals surface area contributed by atoms with Crippen molar-refractivity contribution in [2.24, 2.45) is 5.92 Å². The van der Waals surface area contributed by atoms with Crippen molar-refractivity contribution < 1.29 is 4.79 Å². The Morgan fingerprint density at radius 2 is 2.00 bits per heavy atom. The molecule has 1 saturated carbocycles. The van der Waals surface area contributed by atoms with E-state index in [0.29, 0.717) is 11.0 Å². The molecule has 2 aliphatic rings. The molecule has 0 radical (unpaired) electrons. The van der Waals surface area contributed by atoms with E-state index in [1.165, 1.54) is 32.1 Å². The van der Waals surface area contributed by atoms with Gasteiger partial charge in [-0.3, -0.25) is 4.79 Å². The summed E-state index contributed by atoms with van der Waals surface area (Å²) in [6.45, 7) is 3.13. The lowest BCUT2D eigenvalue weighted by Gasteiger charge is -2.25. The Balaban J connectivity index is 1.52. The first-order chi connectivity index (χ1) is 7.84. The number of amides is 1. The molecule has 0 aromatic rings. The highest BCUT2D eigenvalue weighted by Crippen LogP contribution is 2.25. The molecule has 3 nitrogen and oxygen atoms in total. The summed E-state index contributed by atoms with van der Waals surface area (Å²) in [4.78, 5) is 11.6. The first-order valence-electron chi connectivity index (χ1n) is 6.43. The Morgan fingerprint density at radius 1 is 1.25 bits per heavy atom. The van der Waals surface area contributed by atoms with E-state index in [1.807, 2.05) is 11.8 Å². The van der Waals surface area contributed by atoms with Crippen LogP contribution in [-0.4, -0.2) is 36.5 Å². The summed E-state index contributed by atoms with van der Waals surface area (Å²) in [5.41, 5.74) is 0. The molecule has 1 aliphatic carbocycles. The van der Waals surface area contributed by atoms with Crippen LogP contribution < -0.4 is 10.6 Å². The summed E-state index contributed by atoms with van der Waals surface area (Å²) in [5, 5.41) is 7.08. The van der Waals surface area contributed by atoms with Crippen molar-refractivity contribution in [3.05, 3.63) is 0 Å². The highest BCUT2D eigenvalue weighted by molar-refractivity contribution is 8.00. The van der Waals surface area contributed by atoms with Gasteiger partial charge < -0.3 is 10.6 Å². The first-order valence-corrected chi connectivity index (χ1v) is 7.48. The lowest BCUT2D eigenvalue weighted by molar-refractivity contribution is -0.118. The minimum Gasteiger partial charge on any atom is -0.355 e. The summed E-state index contributed by atoms with van der Waals surface area (Å²) in [7, 11) is 0. The summed E-state index contributed by atoms with van der Waals surface area (Å²) >= 11 is 1.83. The van der Waals surface area contributed by atoms with Gasteiger partial charge >= 0.3 is 0 Å². The number of thioether (sulfide) groups is 1. The van der Waals surface area contributed by atoms with Crippen LogP contribution in [0.5, 0.6) is 0 Å². The Bertz CT molecular complexity index is 225.